The lowest BCUT2D eigenvalue weighted by Crippen LogP contribution is -2.51. The zero-order valence-electron chi connectivity index (χ0n) is 13.7. The fourth-order valence-electron chi connectivity index (χ4n) is 3.45. The number of nitrogens with zero attached hydrogens (tertiary/aromatic N) is 1. The van der Waals surface area contributed by atoms with Gasteiger partial charge in [0.15, 0.2) is 0 Å². The SMILES string of the molecule is NC(=O)C1(c2ccccc2)CCN(C(=O)Cc2ccccc2)CC1. The Morgan fingerprint density at radius 2 is 1.46 bits per heavy atom. The molecule has 1 heterocycles. The largest absolute Gasteiger partial charge is 0.369 e. The van der Waals surface area contributed by atoms with E-state index in [0.29, 0.717) is 32.4 Å². The number of hydrogen-bond acceptors (Lipinski definition) is 2. The standard InChI is InChI=1S/C20H22N2O2/c21-19(24)20(17-9-5-2-6-10-17)11-13-22(14-12-20)18(23)15-16-7-3-1-4-8-16/h1-10H,11-15H2,(H2,21,24). The van der Waals surface area contributed by atoms with Crippen LogP contribution in [0, 0.1) is 0 Å². The highest BCUT2D eigenvalue weighted by Gasteiger charge is 2.42. The summed E-state index contributed by atoms with van der Waals surface area (Å²) in [6.07, 6.45) is 1.55. The summed E-state index contributed by atoms with van der Waals surface area (Å²) in [7, 11) is 0. The molecule has 0 radical (unpaired) electrons. The predicted molar refractivity (Wildman–Crippen MR) is 93.3 cm³/mol. The summed E-state index contributed by atoms with van der Waals surface area (Å²) in [5.74, 6) is -0.198. The third-order valence-electron chi connectivity index (χ3n) is 4.97. The Balaban J connectivity index is 1.70. The second-order valence-electron chi connectivity index (χ2n) is 6.36. The van der Waals surface area contributed by atoms with Gasteiger partial charge in [-0.1, -0.05) is 60.7 Å². The summed E-state index contributed by atoms with van der Waals surface area (Å²) in [5, 5.41) is 0. The minimum Gasteiger partial charge on any atom is -0.369 e. The van der Waals surface area contributed by atoms with Crippen LogP contribution in [0.1, 0.15) is 24.0 Å². The summed E-state index contributed by atoms with van der Waals surface area (Å²) in [6.45, 7) is 1.12. The lowest BCUT2D eigenvalue weighted by molar-refractivity contribution is -0.135. The van der Waals surface area contributed by atoms with Gasteiger partial charge >= 0.3 is 0 Å². The van der Waals surface area contributed by atoms with Gasteiger partial charge in [-0.05, 0) is 24.0 Å². The van der Waals surface area contributed by atoms with Crippen molar-refractivity contribution in [3.8, 4) is 0 Å². The molecule has 0 aromatic heterocycles. The summed E-state index contributed by atoms with van der Waals surface area (Å²) in [6, 6.07) is 19.4. The second kappa shape index (κ2) is 6.87. The van der Waals surface area contributed by atoms with Gasteiger partial charge in [0, 0.05) is 13.1 Å². The van der Waals surface area contributed by atoms with Crippen LogP contribution in [-0.4, -0.2) is 29.8 Å². The molecule has 2 aromatic carbocycles. The first-order chi connectivity index (χ1) is 11.6. The molecule has 1 fully saturated rings. The predicted octanol–water partition coefficient (Wildman–Crippen LogP) is 2.27. The fraction of sp³-hybridized carbons (Fsp3) is 0.300. The quantitative estimate of drug-likeness (QED) is 0.938. The van der Waals surface area contributed by atoms with Crippen molar-refractivity contribution in [2.75, 3.05) is 13.1 Å². The molecular formula is C20H22N2O2. The van der Waals surface area contributed by atoms with Gasteiger partial charge in [0.1, 0.15) is 0 Å². The van der Waals surface area contributed by atoms with E-state index in [1.807, 2.05) is 65.6 Å². The summed E-state index contributed by atoms with van der Waals surface area (Å²) in [5.41, 5.74) is 7.04. The number of primary amides is 1. The van der Waals surface area contributed by atoms with Gasteiger partial charge in [0.25, 0.3) is 0 Å². The van der Waals surface area contributed by atoms with Crippen molar-refractivity contribution in [3.63, 3.8) is 0 Å². The molecule has 1 saturated heterocycles. The minimum atomic E-state index is -0.662. The van der Waals surface area contributed by atoms with Crippen molar-refractivity contribution in [1.29, 1.82) is 0 Å². The molecular weight excluding hydrogens is 300 g/mol. The highest BCUT2D eigenvalue weighted by molar-refractivity contribution is 5.87. The Hall–Kier alpha value is -2.62. The smallest absolute Gasteiger partial charge is 0.228 e. The minimum absolute atomic E-state index is 0.104. The Bertz CT molecular complexity index is 705. The van der Waals surface area contributed by atoms with E-state index in [0.717, 1.165) is 11.1 Å². The van der Waals surface area contributed by atoms with Crippen LogP contribution in [0.3, 0.4) is 0 Å². The molecule has 2 N–H and O–H groups in total. The first-order valence-corrected chi connectivity index (χ1v) is 8.29. The third kappa shape index (κ3) is 3.18. The summed E-state index contributed by atoms with van der Waals surface area (Å²) >= 11 is 0. The number of likely N-dealkylation sites (tertiary alicyclic amines) is 1. The maximum atomic E-state index is 12.5. The molecule has 0 saturated carbocycles. The van der Waals surface area contributed by atoms with Gasteiger partial charge in [-0.3, -0.25) is 9.59 Å². The number of rotatable bonds is 4. The Kier molecular flexibility index (Phi) is 4.65. The van der Waals surface area contributed by atoms with Crippen molar-refractivity contribution in [2.45, 2.75) is 24.7 Å². The maximum Gasteiger partial charge on any atom is 0.228 e. The molecule has 4 heteroatoms. The summed E-state index contributed by atoms with van der Waals surface area (Å²) < 4.78 is 0. The molecule has 4 nitrogen and oxygen atoms in total. The van der Waals surface area contributed by atoms with E-state index in [-0.39, 0.29) is 11.8 Å². The lowest BCUT2D eigenvalue weighted by Gasteiger charge is -2.40. The van der Waals surface area contributed by atoms with E-state index < -0.39 is 5.41 Å². The van der Waals surface area contributed by atoms with Crippen molar-refractivity contribution in [1.82, 2.24) is 4.90 Å². The molecule has 2 amide bonds. The molecule has 124 valence electrons. The first-order valence-electron chi connectivity index (χ1n) is 8.29. The zero-order valence-corrected chi connectivity index (χ0v) is 13.7. The third-order valence-corrected chi connectivity index (χ3v) is 4.97. The van der Waals surface area contributed by atoms with Crippen LogP contribution >= 0.6 is 0 Å². The second-order valence-corrected chi connectivity index (χ2v) is 6.36. The van der Waals surface area contributed by atoms with Crippen LogP contribution in [0.5, 0.6) is 0 Å². The Labute approximate surface area is 142 Å². The van der Waals surface area contributed by atoms with E-state index in [1.165, 1.54) is 0 Å². The lowest BCUT2D eigenvalue weighted by atomic mass is 9.72. The van der Waals surface area contributed by atoms with Crippen LogP contribution in [0.15, 0.2) is 60.7 Å². The molecule has 0 aliphatic carbocycles. The van der Waals surface area contributed by atoms with Gasteiger partial charge in [0.05, 0.1) is 11.8 Å². The van der Waals surface area contributed by atoms with Crippen molar-refractivity contribution >= 4 is 11.8 Å². The van der Waals surface area contributed by atoms with Crippen LogP contribution < -0.4 is 5.73 Å². The molecule has 0 bridgehead atoms. The topological polar surface area (TPSA) is 63.4 Å². The molecule has 2 aromatic rings. The Morgan fingerprint density at radius 1 is 0.917 bits per heavy atom. The molecule has 1 aliphatic heterocycles. The van der Waals surface area contributed by atoms with Gasteiger partial charge in [-0.15, -0.1) is 0 Å². The molecule has 0 atom stereocenters. The normalized spacial score (nSPS) is 16.6. The number of carbonyl (C=O) groups excluding carboxylic acids is 2. The number of benzene rings is 2. The van der Waals surface area contributed by atoms with Crippen LogP contribution in [0.25, 0.3) is 0 Å². The van der Waals surface area contributed by atoms with Crippen LogP contribution in [0.4, 0.5) is 0 Å². The molecule has 3 rings (SSSR count). The number of carbonyl (C=O) groups is 2. The van der Waals surface area contributed by atoms with Crippen molar-refractivity contribution in [3.05, 3.63) is 71.8 Å². The number of amides is 2. The first kappa shape index (κ1) is 16.2. The molecule has 0 unspecified atom stereocenters. The average Bonchev–Trinajstić information content (AvgIpc) is 2.63. The maximum absolute atomic E-state index is 12.5. The van der Waals surface area contributed by atoms with Crippen LogP contribution in [0.2, 0.25) is 0 Å². The van der Waals surface area contributed by atoms with Gasteiger partial charge in [-0.25, -0.2) is 0 Å². The molecule has 24 heavy (non-hydrogen) atoms. The molecule has 0 spiro atoms. The Morgan fingerprint density at radius 3 is 2.00 bits per heavy atom. The highest BCUT2D eigenvalue weighted by Crippen LogP contribution is 2.35. The van der Waals surface area contributed by atoms with E-state index in [9.17, 15) is 9.59 Å². The van der Waals surface area contributed by atoms with Gasteiger partial charge in [0.2, 0.25) is 11.8 Å². The monoisotopic (exact) mass is 322 g/mol. The number of nitrogens with two attached hydrogens (primary N) is 1. The van der Waals surface area contributed by atoms with E-state index in [1.54, 1.807) is 0 Å². The van der Waals surface area contributed by atoms with Crippen LogP contribution in [-0.2, 0) is 21.4 Å². The van der Waals surface area contributed by atoms with Crippen molar-refractivity contribution in [2.24, 2.45) is 5.73 Å². The average molecular weight is 322 g/mol. The summed E-state index contributed by atoms with van der Waals surface area (Å²) in [4.78, 5) is 26.5. The molecule has 1 aliphatic rings. The van der Waals surface area contributed by atoms with Crippen molar-refractivity contribution < 1.29 is 9.59 Å². The van der Waals surface area contributed by atoms with Gasteiger partial charge in [-0.2, -0.15) is 0 Å². The number of hydrogen-bond donors (Lipinski definition) is 1. The van der Waals surface area contributed by atoms with E-state index >= 15 is 0 Å². The number of piperidine rings is 1. The van der Waals surface area contributed by atoms with Gasteiger partial charge < -0.3 is 10.6 Å². The highest BCUT2D eigenvalue weighted by atomic mass is 16.2. The van der Waals surface area contributed by atoms with E-state index in [2.05, 4.69) is 0 Å². The van der Waals surface area contributed by atoms with E-state index in [4.69, 9.17) is 5.73 Å². The fourth-order valence-corrected chi connectivity index (χ4v) is 3.45. The zero-order chi connectivity index (χ0) is 17.0.